The van der Waals surface area contributed by atoms with Crippen LogP contribution in [0.15, 0.2) is 36.4 Å². The van der Waals surface area contributed by atoms with Crippen molar-refractivity contribution in [1.29, 1.82) is 0 Å². The lowest BCUT2D eigenvalue weighted by Crippen LogP contribution is -2.07. The van der Waals surface area contributed by atoms with Gasteiger partial charge in [0.25, 0.3) is 0 Å². The van der Waals surface area contributed by atoms with Crippen molar-refractivity contribution in [2.75, 3.05) is 11.5 Å². The summed E-state index contributed by atoms with van der Waals surface area (Å²) in [6.07, 6.45) is 0. The largest absolute Gasteiger partial charge is 0.399 e. The predicted octanol–water partition coefficient (Wildman–Crippen LogP) is 7.11. The molecule has 118 valence electrons. The van der Waals surface area contributed by atoms with Crippen LogP contribution in [-0.2, 0) is 4.29 Å². The van der Waals surface area contributed by atoms with Gasteiger partial charge in [0, 0.05) is 11.4 Å². The van der Waals surface area contributed by atoms with Crippen LogP contribution in [0.2, 0.25) is 0 Å². The summed E-state index contributed by atoms with van der Waals surface area (Å²) < 4.78 is -1.16. The van der Waals surface area contributed by atoms with E-state index in [0.717, 1.165) is 22.3 Å². The predicted molar refractivity (Wildman–Crippen MR) is 118 cm³/mol. The van der Waals surface area contributed by atoms with Gasteiger partial charge in [0.1, 0.15) is 0 Å². The average molecular weight is 686 g/mol. The molecule has 2 nitrogen and oxygen atoms in total. The van der Waals surface area contributed by atoms with Gasteiger partial charge >= 0.3 is 0 Å². The van der Waals surface area contributed by atoms with Gasteiger partial charge in [0.05, 0.1) is 0 Å². The lowest BCUT2D eigenvalue weighted by atomic mass is 9.96. The van der Waals surface area contributed by atoms with Crippen LogP contribution in [0.5, 0.6) is 0 Å². The van der Waals surface area contributed by atoms with Gasteiger partial charge in [-0.1, -0.05) is 108 Å². The van der Waals surface area contributed by atoms with E-state index in [4.69, 9.17) is 11.5 Å². The van der Waals surface area contributed by atoms with Crippen molar-refractivity contribution in [2.24, 2.45) is 0 Å². The molecule has 0 aromatic heterocycles. The maximum atomic E-state index is 5.94. The highest BCUT2D eigenvalue weighted by atomic mass is 80.0. The fourth-order valence-corrected chi connectivity index (χ4v) is 4.03. The van der Waals surface area contributed by atoms with E-state index in [0.29, 0.717) is 11.4 Å². The summed E-state index contributed by atoms with van der Waals surface area (Å²) >= 11 is 21.5. The quantitative estimate of drug-likeness (QED) is 0.249. The Labute approximate surface area is 179 Å². The zero-order valence-electron chi connectivity index (χ0n) is 10.9. The molecule has 2 aromatic rings. The van der Waals surface area contributed by atoms with Gasteiger partial charge in [-0.15, -0.1) is 0 Å². The zero-order valence-corrected chi connectivity index (χ0v) is 20.4. The molecule has 0 aliphatic heterocycles. The third kappa shape index (κ3) is 4.51. The Morgan fingerprint density at radius 1 is 0.591 bits per heavy atom. The second kappa shape index (κ2) is 7.04. The minimum Gasteiger partial charge on any atom is -0.399 e. The highest BCUT2D eigenvalue weighted by molar-refractivity contribution is 9.39. The molecule has 2 rings (SSSR count). The molecular formula is C14H10Br6N2. The first-order valence-electron chi connectivity index (χ1n) is 5.94. The van der Waals surface area contributed by atoms with Crippen molar-refractivity contribution >= 4 is 107 Å². The summed E-state index contributed by atoms with van der Waals surface area (Å²) in [6.45, 7) is 0. The number of nitrogen functional groups attached to an aromatic ring is 2. The molecule has 0 amide bonds. The van der Waals surface area contributed by atoms with Crippen molar-refractivity contribution < 1.29 is 0 Å². The van der Waals surface area contributed by atoms with E-state index in [1.807, 2.05) is 36.4 Å². The molecule has 2 aromatic carbocycles. The maximum Gasteiger partial charge on any atom is 0.160 e. The van der Waals surface area contributed by atoms with E-state index >= 15 is 0 Å². The monoisotopic (exact) mass is 680 g/mol. The van der Waals surface area contributed by atoms with Crippen LogP contribution in [0, 0.1) is 0 Å². The van der Waals surface area contributed by atoms with Gasteiger partial charge < -0.3 is 11.5 Å². The molecule has 0 atom stereocenters. The smallest absolute Gasteiger partial charge is 0.160 e. The number of hydrogen-bond acceptors (Lipinski definition) is 2. The molecule has 22 heavy (non-hydrogen) atoms. The number of hydrogen-bond donors (Lipinski definition) is 2. The Bertz CT molecular complexity index is 642. The molecule has 0 aliphatic carbocycles. The molecule has 0 heterocycles. The Morgan fingerprint density at radius 3 is 1.18 bits per heavy atom. The fourth-order valence-electron chi connectivity index (χ4n) is 2.06. The molecule has 0 saturated carbocycles. The summed E-state index contributed by atoms with van der Waals surface area (Å²) in [5.41, 5.74) is 17.2. The Kier molecular flexibility index (Phi) is 6.16. The Hall–Kier alpha value is 0.920. The summed E-state index contributed by atoms with van der Waals surface area (Å²) in [5.74, 6) is 0. The van der Waals surface area contributed by atoms with Gasteiger partial charge in [0.2, 0.25) is 0 Å². The van der Waals surface area contributed by atoms with Gasteiger partial charge in [-0.05, 0) is 46.5 Å². The second-order valence-electron chi connectivity index (χ2n) is 4.61. The topological polar surface area (TPSA) is 52.0 Å². The number of benzene rings is 2. The van der Waals surface area contributed by atoms with Crippen molar-refractivity contribution in [2.45, 2.75) is 4.29 Å². The molecule has 0 saturated heterocycles. The lowest BCUT2D eigenvalue weighted by molar-refractivity contribution is 1.32. The standard InChI is InChI=1S/C14H10Br6N2/c15-13(16,17)11-5-7(21)1-3-9(11)10-4-2-8(22)6-12(10)14(18,19)20/h1-6H,21-22H2. The lowest BCUT2D eigenvalue weighted by Gasteiger charge is -2.23. The number of halogens is 6. The molecule has 0 radical (unpaired) electrons. The van der Waals surface area contributed by atoms with Crippen molar-refractivity contribution in [1.82, 2.24) is 0 Å². The first kappa shape index (κ1) is 19.2. The van der Waals surface area contributed by atoms with Crippen LogP contribution in [-0.4, -0.2) is 0 Å². The van der Waals surface area contributed by atoms with E-state index in [9.17, 15) is 0 Å². The minimum atomic E-state index is -0.579. The van der Waals surface area contributed by atoms with Gasteiger partial charge in [0.15, 0.2) is 4.29 Å². The highest BCUT2D eigenvalue weighted by Gasteiger charge is 2.30. The zero-order chi connectivity index (χ0) is 16.7. The van der Waals surface area contributed by atoms with Crippen LogP contribution in [0.3, 0.4) is 0 Å². The molecule has 0 fully saturated rings. The molecule has 8 heteroatoms. The van der Waals surface area contributed by atoms with Crippen LogP contribution in [0.1, 0.15) is 11.1 Å². The number of alkyl halides is 6. The molecule has 0 aliphatic rings. The number of rotatable bonds is 1. The first-order valence-corrected chi connectivity index (χ1v) is 10.7. The summed E-state index contributed by atoms with van der Waals surface area (Å²) in [5, 5.41) is 0. The fraction of sp³-hybridized carbons (Fsp3) is 0.143. The van der Waals surface area contributed by atoms with Crippen LogP contribution in [0.4, 0.5) is 11.4 Å². The van der Waals surface area contributed by atoms with E-state index in [1.54, 1.807) is 0 Å². The first-order chi connectivity index (χ1) is 10.00. The van der Waals surface area contributed by atoms with Crippen molar-refractivity contribution in [3.63, 3.8) is 0 Å². The molecular weight excluding hydrogens is 676 g/mol. The summed E-state index contributed by atoms with van der Waals surface area (Å²) in [6, 6.07) is 11.5. The third-order valence-electron chi connectivity index (χ3n) is 2.99. The van der Waals surface area contributed by atoms with E-state index in [2.05, 4.69) is 95.6 Å². The van der Waals surface area contributed by atoms with Gasteiger partial charge in [-0.25, -0.2) is 0 Å². The van der Waals surface area contributed by atoms with E-state index in [1.165, 1.54) is 0 Å². The van der Waals surface area contributed by atoms with E-state index in [-0.39, 0.29) is 0 Å². The normalized spacial score (nSPS) is 12.5. The highest BCUT2D eigenvalue weighted by Crippen LogP contribution is 2.53. The van der Waals surface area contributed by atoms with Crippen molar-refractivity contribution in [3.8, 4) is 11.1 Å². The summed E-state index contributed by atoms with van der Waals surface area (Å²) in [4.78, 5) is 0. The van der Waals surface area contributed by atoms with Gasteiger partial charge in [-0.2, -0.15) is 0 Å². The SMILES string of the molecule is Nc1ccc(-c2ccc(N)cc2C(Br)(Br)Br)c(C(Br)(Br)Br)c1. The van der Waals surface area contributed by atoms with Crippen LogP contribution < -0.4 is 11.5 Å². The molecule has 4 N–H and O–H groups in total. The maximum absolute atomic E-state index is 5.94. The molecule has 0 bridgehead atoms. The van der Waals surface area contributed by atoms with Crippen LogP contribution >= 0.6 is 95.6 Å². The van der Waals surface area contributed by atoms with Crippen LogP contribution in [0.25, 0.3) is 11.1 Å². The van der Waals surface area contributed by atoms with E-state index < -0.39 is 4.29 Å². The number of anilines is 2. The Morgan fingerprint density at radius 2 is 0.909 bits per heavy atom. The molecule has 0 unspecified atom stereocenters. The second-order valence-corrected chi connectivity index (χ2v) is 18.1. The Balaban J connectivity index is 2.78. The minimum absolute atomic E-state index is 0.579. The van der Waals surface area contributed by atoms with Gasteiger partial charge in [-0.3, -0.25) is 0 Å². The molecule has 0 spiro atoms. The number of nitrogens with two attached hydrogens (primary N) is 2. The average Bonchev–Trinajstić information content (AvgIpc) is 2.37. The summed E-state index contributed by atoms with van der Waals surface area (Å²) in [7, 11) is 0. The third-order valence-corrected chi connectivity index (χ3v) is 5.55. The van der Waals surface area contributed by atoms with Crippen molar-refractivity contribution in [3.05, 3.63) is 47.5 Å².